The number of aromatic nitrogens is 2. The summed E-state index contributed by atoms with van der Waals surface area (Å²) >= 11 is 0. The van der Waals surface area contributed by atoms with E-state index in [2.05, 4.69) is 10.4 Å². The first-order valence-corrected chi connectivity index (χ1v) is 8.92. The smallest absolute Gasteiger partial charge is 0.241 e. The summed E-state index contributed by atoms with van der Waals surface area (Å²) in [6, 6.07) is 9.51. The third-order valence-corrected chi connectivity index (χ3v) is 5.41. The predicted molar refractivity (Wildman–Crippen MR) is 82.9 cm³/mol. The van der Waals surface area contributed by atoms with Crippen LogP contribution in [0.1, 0.15) is 6.42 Å². The van der Waals surface area contributed by atoms with Crippen LogP contribution >= 0.6 is 0 Å². The van der Waals surface area contributed by atoms with E-state index in [9.17, 15) is 13.2 Å². The van der Waals surface area contributed by atoms with Crippen molar-refractivity contribution in [1.82, 2.24) is 15.1 Å². The van der Waals surface area contributed by atoms with Gasteiger partial charge in [-0.15, -0.1) is 0 Å². The van der Waals surface area contributed by atoms with Gasteiger partial charge in [0.15, 0.2) is 9.84 Å². The number of hydrogen-bond donors (Lipinski definition) is 1. The van der Waals surface area contributed by atoms with Gasteiger partial charge in [0.2, 0.25) is 5.91 Å². The van der Waals surface area contributed by atoms with Gasteiger partial charge in [-0.3, -0.25) is 9.48 Å². The molecular weight excluding hydrogens is 302 g/mol. The Hall–Kier alpha value is -2.15. The van der Waals surface area contributed by atoms with Gasteiger partial charge in [0.05, 0.1) is 17.7 Å². The molecule has 1 saturated heterocycles. The van der Waals surface area contributed by atoms with Crippen molar-refractivity contribution in [2.45, 2.75) is 19.0 Å². The quantitative estimate of drug-likeness (QED) is 0.906. The zero-order chi connectivity index (χ0) is 15.6. The van der Waals surface area contributed by atoms with Gasteiger partial charge in [-0.25, -0.2) is 8.42 Å². The Morgan fingerprint density at radius 2 is 2.05 bits per heavy atom. The maximum Gasteiger partial charge on any atom is 0.241 e. The van der Waals surface area contributed by atoms with E-state index in [1.807, 2.05) is 30.3 Å². The lowest BCUT2D eigenvalue weighted by Crippen LogP contribution is -2.37. The molecule has 116 valence electrons. The van der Waals surface area contributed by atoms with Gasteiger partial charge < -0.3 is 5.32 Å². The summed E-state index contributed by atoms with van der Waals surface area (Å²) in [6.45, 7) is 0.0867. The normalized spacial score (nSPS) is 19.9. The Labute approximate surface area is 129 Å². The van der Waals surface area contributed by atoms with Gasteiger partial charge in [0.25, 0.3) is 0 Å². The van der Waals surface area contributed by atoms with Crippen molar-refractivity contribution in [3.63, 3.8) is 0 Å². The Balaban J connectivity index is 1.60. The SMILES string of the molecule is O=C(Cn1cc(-c2ccccc2)cn1)N[C@H]1CCS(=O)(=O)C1. The van der Waals surface area contributed by atoms with Crippen LogP contribution in [0.15, 0.2) is 42.7 Å². The topological polar surface area (TPSA) is 81.1 Å². The second-order valence-electron chi connectivity index (χ2n) is 5.46. The Bertz CT molecular complexity index is 768. The predicted octanol–water partition coefficient (Wildman–Crippen LogP) is 0.853. The van der Waals surface area contributed by atoms with Crippen molar-refractivity contribution in [1.29, 1.82) is 0 Å². The first-order valence-electron chi connectivity index (χ1n) is 7.09. The second kappa shape index (κ2) is 5.92. The molecule has 6 nitrogen and oxygen atoms in total. The highest BCUT2D eigenvalue weighted by Crippen LogP contribution is 2.17. The van der Waals surface area contributed by atoms with Crippen LogP contribution in [0.5, 0.6) is 0 Å². The summed E-state index contributed by atoms with van der Waals surface area (Å²) in [4.78, 5) is 12.0. The second-order valence-corrected chi connectivity index (χ2v) is 7.69. The average Bonchev–Trinajstić information content (AvgIpc) is 3.06. The number of rotatable bonds is 4. The van der Waals surface area contributed by atoms with Crippen molar-refractivity contribution in [2.75, 3.05) is 11.5 Å². The zero-order valence-electron chi connectivity index (χ0n) is 12.0. The molecule has 1 amide bonds. The number of carbonyl (C=O) groups is 1. The number of hydrogen-bond acceptors (Lipinski definition) is 4. The highest BCUT2D eigenvalue weighted by Gasteiger charge is 2.28. The first kappa shape index (κ1) is 14.8. The van der Waals surface area contributed by atoms with E-state index >= 15 is 0 Å². The van der Waals surface area contributed by atoms with E-state index in [4.69, 9.17) is 0 Å². The van der Waals surface area contributed by atoms with Crippen LogP contribution in [0, 0.1) is 0 Å². The summed E-state index contributed by atoms with van der Waals surface area (Å²) in [5, 5.41) is 6.93. The lowest BCUT2D eigenvalue weighted by molar-refractivity contribution is -0.122. The van der Waals surface area contributed by atoms with Crippen molar-refractivity contribution in [3.8, 4) is 11.1 Å². The van der Waals surface area contributed by atoms with Gasteiger partial charge in [0, 0.05) is 17.8 Å². The fourth-order valence-electron chi connectivity index (χ4n) is 2.56. The molecule has 0 saturated carbocycles. The van der Waals surface area contributed by atoms with E-state index in [0.29, 0.717) is 6.42 Å². The van der Waals surface area contributed by atoms with Crippen LogP contribution in [0.4, 0.5) is 0 Å². The lowest BCUT2D eigenvalue weighted by atomic mass is 10.1. The molecule has 1 aliphatic heterocycles. The fourth-order valence-corrected chi connectivity index (χ4v) is 4.23. The Morgan fingerprint density at radius 3 is 2.73 bits per heavy atom. The lowest BCUT2D eigenvalue weighted by Gasteiger charge is -2.10. The minimum atomic E-state index is -2.98. The summed E-state index contributed by atoms with van der Waals surface area (Å²) < 4.78 is 24.3. The van der Waals surface area contributed by atoms with Crippen LogP contribution in [0.25, 0.3) is 11.1 Å². The molecule has 1 aliphatic rings. The molecule has 22 heavy (non-hydrogen) atoms. The summed E-state index contributed by atoms with van der Waals surface area (Å²) in [7, 11) is -2.98. The summed E-state index contributed by atoms with van der Waals surface area (Å²) in [5.74, 6) is -0.0323. The molecule has 1 aromatic carbocycles. The number of amides is 1. The molecule has 1 N–H and O–H groups in total. The molecule has 0 spiro atoms. The standard InChI is InChI=1S/C15H17N3O3S/c19-15(17-14-6-7-22(20,21)11-14)10-18-9-13(8-16-18)12-4-2-1-3-5-12/h1-5,8-9,14H,6-7,10-11H2,(H,17,19)/t14-/m0/s1. The molecule has 0 radical (unpaired) electrons. The molecule has 2 aromatic rings. The number of sulfone groups is 1. The molecule has 0 bridgehead atoms. The van der Waals surface area contributed by atoms with Crippen LogP contribution < -0.4 is 5.32 Å². The minimum absolute atomic E-state index is 0.0348. The van der Waals surface area contributed by atoms with Crippen LogP contribution in [0.3, 0.4) is 0 Å². The van der Waals surface area contributed by atoms with Gasteiger partial charge in [-0.2, -0.15) is 5.10 Å². The molecule has 1 atom stereocenters. The zero-order valence-corrected chi connectivity index (χ0v) is 12.8. The van der Waals surface area contributed by atoms with Crippen molar-refractivity contribution >= 4 is 15.7 Å². The summed E-state index contributed by atoms with van der Waals surface area (Å²) in [5.41, 5.74) is 1.98. The maximum absolute atomic E-state index is 12.0. The first-order chi connectivity index (χ1) is 10.5. The largest absolute Gasteiger partial charge is 0.351 e. The molecule has 3 rings (SSSR count). The highest BCUT2D eigenvalue weighted by molar-refractivity contribution is 7.91. The molecule has 7 heteroatoms. The van der Waals surface area contributed by atoms with Crippen molar-refractivity contribution < 1.29 is 13.2 Å². The third-order valence-electron chi connectivity index (χ3n) is 3.64. The van der Waals surface area contributed by atoms with Gasteiger partial charge in [-0.05, 0) is 12.0 Å². The summed E-state index contributed by atoms with van der Waals surface area (Å²) in [6.07, 6.45) is 4.01. The Kier molecular flexibility index (Phi) is 3.98. The molecule has 1 fully saturated rings. The minimum Gasteiger partial charge on any atom is -0.351 e. The third kappa shape index (κ3) is 3.54. The van der Waals surface area contributed by atoms with Crippen LogP contribution in [-0.2, 0) is 21.2 Å². The van der Waals surface area contributed by atoms with Crippen LogP contribution in [-0.4, -0.2) is 41.7 Å². The van der Waals surface area contributed by atoms with E-state index < -0.39 is 9.84 Å². The number of nitrogens with one attached hydrogen (secondary N) is 1. The fraction of sp³-hybridized carbons (Fsp3) is 0.333. The van der Waals surface area contributed by atoms with E-state index in [-0.39, 0.29) is 30.0 Å². The van der Waals surface area contributed by atoms with Gasteiger partial charge >= 0.3 is 0 Å². The van der Waals surface area contributed by atoms with Crippen molar-refractivity contribution in [2.24, 2.45) is 0 Å². The van der Waals surface area contributed by atoms with E-state index in [0.717, 1.165) is 11.1 Å². The number of carbonyl (C=O) groups excluding carboxylic acids is 1. The molecule has 0 aliphatic carbocycles. The Morgan fingerprint density at radius 1 is 1.27 bits per heavy atom. The molecule has 2 heterocycles. The van der Waals surface area contributed by atoms with Crippen molar-refractivity contribution in [3.05, 3.63) is 42.7 Å². The monoisotopic (exact) mass is 319 g/mol. The molecular formula is C15H17N3O3S. The van der Waals surface area contributed by atoms with Gasteiger partial charge in [0.1, 0.15) is 6.54 Å². The maximum atomic E-state index is 12.0. The van der Waals surface area contributed by atoms with Crippen LogP contribution in [0.2, 0.25) is 0 Å². The van der Waals surface area contributed by atoms with E-state index in [1.54, 1.807) is 17.1 Å². The van der Waals surface area contributed by atoms with Gasteiger partial charge in [-0.1, -0.05) is 30.3 Å². The number of benzene rings is 1. The molecule has 0 unspecified atom stereocenters. The number of nitrogens with zero attached hydrogens (tertiary/aromatic N) is 2. The van der Waals surface area contributed by atoms with E-state index in [1.165, 1.54) is 0 Å². The molecule has 1 aromatic heterocycles. The highest BCUT2D eigenvalue weighted by atomic mass is 32.2. The average molecular weight is 319 g/mol.